The lowest BCUT2D eigenvalue weighted by Crippen LogP contribution is -2.07. The molecule has 0 fully saturated rings. The van der Waals surface area contributed by atoms with Crippen LogP contribution in [0.25, 0.3) is 83.9 Å². The fourth-order valence-corrected chi connectivity index (χ4v) is 7.13. The van der Waals surface area contributed by atoms with Gasteiger partial charge in [0.25, 0.3) is 0 Å². The fraction of sp³-hybridized carbons (Fsp3) is 0.0784. The molecule has 0 N–H and O–H groups in total. The summed E-state index contributed by atoms with van der Waals surface area (Å²) in [6.07, 6.45) is -4.56. The smallest absolute Gasteiger partial charge is 0.308 e. The molecule has 290 valence electrons. The molecule has 0 bridgehead atoms. The summed E-state index contributed by atoms with van der Waals surface area (Å²) in [4.78, 5) is 14.9. The van der Waals surface area contributed by atoms with Crippen molar-refractivity contribution >= 4 is 21.8 Å². The molecule has 0 saturated heterocycles. The Morgan fingerprint density at radius 3 is 1.65 bits per heavy atom. The van der Waals surface area contributed by atoms with Crippen molar-refractivity contribution in [3.63, 3.8) is 0 Å². The highest BCUT2D eigenvalue weighted by atomic mass is 19.4. The molecule has 0 amide bonds. The Morgan fingerprint density at radius 2 is 1.03 bits per heavy atom. The van der Waals surface area contributed by atoms with Gasteiger partial charge in [0.1, 0.15) is 0 Å². The molecule has 0 atom stereocenters. The highest BCUT2D eigenvalue weighted by Gasteiger charge is 2.33. The highest BCUT2D eigenvalue weighted by molar-refractivity contribution is 6.11. The molecule has 2 aromatic heterocycles. The average Bonchev–Trinajstić information content (AvgIpc) is 3.62. The van der Waals surface area contributed by atoms with Crippen LogP contribution in [0.3, 0.4) is 0 Å². The van der Waals surface area contributed by atoms with Gasteiger partial charge in [0.2, 0.25) is 0 Å². The van der Waals surface area contributed by atoms with Gasteiger partial charge < -0.3 is 4.57 Å². The summed E-state index contributed by atoms with van der Waals surface area (Å²) in [5.41, 5.74) is 6.76. The number of nitriles is 2. The van der Waals surface area contributed by atoms with E-state index in [1.807, 2.05) is 135 Å². The molecule has 0 aliphatic carbocycles. The Morgan fingerprint density at radius 1 is 0.500 bits per heavy atom. The van der Waals surface area contributed by atoms with Crippen molar-refractivity contribution in [3.8, 4) is 74.2 Å². The fourth-order valence-electron chi connectivity index (χ4n) is 7.13. The number of para-hydroxylation sites is 1. The van der Waals surface area contributed by atoms with Gasteiger partial charge in [-0.3, -0.25) is 0 Å². The van der Waals surface area contributed by atoms with E-state index in [0.717, 1.165) is 50.1 Å². The third kappa shape index (κ3) is 7.85. The zero-order valence-electron chi connectivity index (χ0n) is 32.6. The SMILES string of the molecule is CC(C)C#N.N#Cc1ccc(-c2ccc3c(c2)c2ccccc2n3-c2cc(-c3ccccc3C(F)(F)F)ccc2-c2nc(-c3ccccc3)nc(-c3ccccc3)n2)cc1. The lowest BCUT2D eigenvalue weighted by Gasteiger charge is -2.18. The number of aromatic nitrogens is 4. The number of alkyl halides is 3. The molecule has 0 saturated carbocycles. The van der Waals surface area contributed by atoms with Crippen molar-refractivity contribution in [3.05, 3.63) is 181 Å². The monoisotopic (exact) mass is 788 g/mol. The van der Waals surface area contributed by atoms with Gasteiger partial charge in [0.15, 0.2) is 17.5 Å². The summed E-state index contributed by atoms with van der Waals surface area (Å²) < 4.78 is 45.4. The molecule has 0 aliphatic heterocycles. The third-order valence-electron chi connectivity index (χ3n) is 10.0. The number of fused-ring (bicyclic) bond motifs is 3. The molecule has 9 heteroatoms. The van der Waals surface area contributed by atoms with E-state index in [2.05, 4.69) is 16.7 Å². The Kier molecular flexibility index (Phi) is 10.7. The molecule has 9 aromatic rings. The van der Waals surface area contributed by atoms with Gasteiger partial charge in [-0.25, -0.2) is 15.0 Å². The van der Waals surface area contributed by atoms with Crippen molar-refractivity contribution in [2.24, 2.45) is 5.92 Å². The van der Waals surface area contributed by atoms with E-state index in [1.54, 1.807) is 30.3 Å². The van der Waals surface area contributed by atoms with Gasteiger partial charge in [-0.2, -0.15) is 23.7 Å². The van der Waals surface area contributed by atoms with E-state index in [0.29, 0.717) is 39.9 Å². The molecule has 0 unspecified atom stereocenters. The van der Waals surface area contributed by atoms with Crippen molar-refractivity contribution in [2.75, 3.05) is 0 Å². The minimum absolute atomic E-state index is 0.0669. The zero-order valence-corrected chi connectivity index (χ0v) is 32.6. The molecule has 2 heterocycles. The van der Waals surface area contributed by atoms with Crippen LogP contribution in [0.4, 0.5) is 13.2 Å². The second kappa shape index (κ2) is 16.5. The van der Waals surface area contributed by atoms with Crippen molar-refractivity contribution in [2.45, 2.75) is 20.0 Å². The van der Waals surface area contributed by atoms with Crippen LogP contribution < -0.4 is 0 Å². The molecule has 60 heavy (non-hydrogen) atoms. The molecule has 0 radical (unpaired) electrons. The normalized spacial score (nSPS) is 11.2. The maximum atomic E-state index is 14.5. The van der Waals surface area contributed by atoms with Gasteiger partial charge >= 0.3 is 6.18 Å². The predicted molar refractivity (Wildman–Crippen MR) is 232 cm³/mol. The zero-order chi connectivity index (χ0) is 41.8. The Balaban J connectivity index is 0.000000943. The summed E-state index contributed by atoms with van der Waals surface area (Å²) in [7, 11) is 0. The number of hydrogen-bond donors (Lipinski definition) is 0. The summed E-state index contributed by atoms with van der Waals surface area (Å²) >= 11 is 0. The second-order valence-electron chi connectivity index (χ2n) is 14.4. The number of hydrogen-bond acceptors (Lipinski definition) is 5. The van der Waals surface area contributed by atoms with Gasteiger partial charge in [-0.1, -0.05) is 121 Å². The Labute approximate surface area is 345 Å². The summed E-state index contributed by atoms with van der Waals surface area (Å²) in [6.45, 7) is 3.72. The lowest BCUT2D eigenvalue weighted by atomic mass is 9.96. The van der Waals surface area contributed by atoms with Crippen LogP contribution in [0.1, 0.15) is 25.0 Å². The topological polar surface area (TPSA) is 91.2 Å². The number of benzene rings is 7. The molecular weight excluding hydrogens is 754 g/mol. The standard InChI is InChI=1S/C47H28F3N5.C4H7N/c48-47(49,50)40-17-9-7-15-36(40)35-23-25-38(46-53-44(32-11-3-1-4-12-32)52-45(54-46)33-13-5-2-6-14-33)43(28-35)55-41-18-10-8-16-37(41)39-27-34(24-26-42(39)55)31-21-19-30(29-51)20-22-31;1-4(2)3-5/h1-28H;4H,1-2H3. The van der Waals surface area contributed by atoms with Crippen LogP contribution in [-0.4, -0.2) is 19.5 Å². The minimum atomic E-state index is -4.56. The van der Waals surface area contributed by atoms with E-state index in [1.165, 1.54) is 12.1 Å². The first-order valence-electron chi connectivity index (χ1n) is 19.2. The lowest BCUT2D eigenvalue weighted by molar-refractivity contribution is -0.137. The minimum Gasteiger partial charge on any atom is -0.308 e. The maximum Gasteiger partial charge on any atom is 0.417 e. The Bertz CT molecular complexity index is 3010. The first-order valence-corrected chi connectivity index (χ1v) is 19.2. The molecule has 0 aliphatic rings. The number of nitrogens with zero attached hydrogens (tertiary/aromatic N) is 6. The van der Waals surface area contributed by atoms with Crippen LogP contribution in [0.2, 0.25) is 0 Å². The molecule has 6 nitrogen and oxygen atoms in total. The van der Waals surface area contributed by atoms with Gasteiger partial charge in [-0.15, -0.1) is 0 Å². The van der Waals surface area contributed by atoms with Gasteiger partial charge in [0, 0.05) is 33.4 Å². The van der Waals surface area contributed by atoms with E-state index >= 15 is 0 Å². The summed E-state index contributed by atoms with van der Waals surface area (Å²) in [5, 5.41) is 19.2. The van der Waals surface area contributed by atoms with E-state index in [9.17, 15) is 18.4 Å². The first-order chi connectivity index (χ1) is 29.1. The average molecular weight is 789 g/mol. The number of rotatable bonds is 6. The van der Waals surface area contributed by atoms with E-state index < -0.39 is 11.7 Å². The van der Waals surface area contributed by atoms with Gasteiger partial charge in [-0.05, 0) is 84.6 Å². The van der Waals surface area contributed by atoms with Crippen molar-refractivity contribution in [1.29, 1.82) is 10.5 Å². The van der Waals surface area contributed by atoms with Crippen LogP contribution in [-0.2, 0) is 6.18 Å². The molecule has 7 aromatic carbocycles. The molecular formula is C51H35F3N6. The molecule has 9 rings (SSSR count). The second-order valence-corrected chi connectivity index (χ2v) is 14.4. The maximum absolute atomic E-state index is 14.5. The first kappa shape index (κ1) is 39.0. The predicted octanol–water partition coefficient (Wildman–Crippen LogP) is 13.4. The molecule has 0 spiro atoms. The van der Waals surface area contributed by atoms with Crippen molar-refractivity contribution in [1.82, 2.24) is 19.5 Å². The van der Waals surface area contributed by atoms with Crippen molar-refractivity contribution < 1.29 is 13.2 Å². The van der Waals surface area contributed by atoms with Crippen LogP contribution in [0.15, 0.2) is 170 Å². The Hall–Kier alpha value is -7.88. The van der Waals surface area contributed by atoms with E-state index in [-0.39, 0.29) is 11.5 Å². The van der Waals surface area contributed by atoms with E-state index in [4.69, 9.17) is 20.2 Å². The number of halogens is 3. The summed E-state index contributed by atoms with van der Waals surface area (Å²) in [5.74, 6) is 1.50. The van der Waals surface area contributed by atoms with Gasteiger partial charge in [0.05, 0.1) is 40.0 Å². The van der Waals surface area contributed by atoms with Crippen LogP contribution >= 0.6 is 0 Å². The third-order valence-corrected chi connectivity index (χ3v) is 10.0. The van der Waals surface area contributed by atoms with Crippen LogP contribution in [0.5, 0.6) is 0 Å². The summed E-state index contributed by atoms with van der Waals surface area (Å²) in [6, 6.07) is 56.0. The highest BCUT2D eigenvalue weighted by Crippen LogP contribution is 2.42. The van der Waals surface area contributed by atoms with Crippen LogP contribution in [0, 0.1) is 28.6 Å². The largest absolute Gasteiger partial charge is 0.417 e. The quantitative estimate of drug-likeness (QED) is 0.167.